The molecule has 20 heavy (non-hydrogen) atoms. The summed E-state index contributed by atoms with van der Waals surface area (Å²) in [5, 5.41) is 4.63. The molecule has 0 saturated carbocycles. The van der Waals surface area contributed by atoms with Gasteiger partial charge in [0.1, 0.15) is 0 Å². The van der Waals surface area contributed by atoms with Crippen molar-refractivity contribution in [2.75, 3.05) is 11.4 Å². The zero-order valence-electron chi connectivity index (χ0n) is 12.3. The number of hydrogen-bond donors (Lipinski definition) is 1. The Morgan fingerprint density at radius 3 is 2.55 bits per heavy atom. The normalized spacial score (nSPS) is 29.5. The lowest BCUT2D eigenvalue weighted by atomic mass is 9.81. The van der Waals surface area contributed by atoms with E-state index in [1.54, 1.807) is 0 Å². The summed E-state index contributed by atoms with van der Waals surface area (Å²) in [7, 11) is 0. The summed E-state index contributed by atoms with van der Waals surface area (Å²) >= 11 is 6.43. The molecule has 1 aromatic rings. The van der Waals surface area contributed by atoms with Crippen LogP contribution in [0.5, 0.6) is 0 Å². The number of fused-ring (bicyclic) bond motifs is 2. The molecule has 2 nitrogen and oxygen atoms in total. The molecule has 2 bridgehead atoms. The van der Waals surface area contributed by atoms with Crippen LogP contribution in [0.2, 0.25) is 5.02 Å². The van der Waals surface area contributed by atoms with E-state index in [9.17, 15) is 0 Å². The predicted molar refractivity (Wildman–Crippen MR) is 86.7 cm³/mol. The van der Waals surface area contributed by atoms with E-state index in [-0.39, 0.29) is 0 Å². The highest BCUT2D eigenvalue weighted by atomic mass is 35.5. The molecule has 2 fully saturated rings. The molecule has 0 radical (unpaired) electrons. The average Bonchev–Trinajstić information content (AvgIpc) is 2.45. The summed E-state index contributed by atoms with van der Waals surface area (Å²) in [4.78, 5) is 2.62. The van der Waals surface area contributed by atoms with E-state index >= 15 is 0 Å². The minimum atomic E-state index is 0.664. The Morgan fingerprint density at radius 1 is 1.20 bits per heavy atom. The number of rotatable bonds is 4. The van der Waals surface area contributed by atoms with Gasteiger partial charge in [0.25, 0.3) is 0 Å². The summed E-state index contributed by atoms with van der Waals surface area (Å²) < 4.78 is 0. The number of benzene rings is 1. The topological polar surface area (TPSA) is 15.3 Å². The van der Waals surface area contributed by atoms with E-state index < -0.39 is 0 Å². The maximum atomic E-state index is 6.43. The Labute approximate surface area is 127 Å². The van der Waals surface area contributed by atoms with Gasteiger partial charge in [-0.3, -0.25) is 0 Å². The van der Waals surface area contributed by atoms with E-state index in [0.29, 0.717) is 18.1 Å². The van der Waals surface area contributed by atoms with Crippen LogP contribution in [0, 0.1) is 0 Å². The summed E-state index contributed by atoms with van der Waals surface area (Å²) in [6, 6.07) is 10.4. The van der Waals surface area contributed by atoms with Crippen LogP contribution >= 0.6 is 11.6 Å². The standard InChI is InChI=1S/C17H25ClN2/c1-2-10-19-13-11-14-6-5-7-15(12-13)20(14)17-9-4-3-8-16(17)18/h3-4,8-9,13-15,19H,2,5-7,10-12H2,1H3. The number of hydrogen-bond acceptors (Lipinski definition) is 2. The van der Waals surface area contributed by atoms with E-state index in [1.165, 1.54) is 44.2 Å². The van der Waals surface area contributed by atoms with Gasteiger partial charge in [0.05, 0.1) is 10.7 Å². The molecule has 0 spiro atoms. The lowest BCUT2D eigenvalue weighted by Gasteiger charge is -2.50. The Balaban J connectivity index is 1.78. The molecule has 0 aromatic heterocycles. The van der Waals surface area contributed by atoms with Gasteiger partial charge in [-0.2, -0.15) is 0 Å². The number of nitrogens with zero attached hydrogens (tertiary/aromatic N) is 1. The molecule has 2 unspecified atom stereocenters. The predicted octanol–water partition coefficient (Wildman–Crippen LogP) is 4.23. The van der Waals surface area contributed by atoms with Crippen molar-refractivity contribution in [3.63, 3.8) is 0 Å². The third kappa shape index (κ3) is 2.82. The summed E-state index contributed by atoms with van der Waals surface area (Å²) in [5.74, 6) is 0. The molecule has 1 aromatic carbocycles. The molecule has 0 aliphatic carbocycles. The van der Waals surface area contributed by atoms with Crippen molar-refractivity contribution in [1.29, 1.82) is 0 Å². The summed E-state index contributed by atoms with van der Waals surface area (Å²) in [5.41, 5.74) is 1.25. The minimum Gasteiger partial charge on any atom is -0.364 e. The molecule has 3 heteroatoms. The highest BCUT2D eigenvalue weighted by Crippen LogP contribution is 2.40. The largest absolute Gasteiger partial charge is 0.364 e. The zero-order chi connectivity index (χ0) is 13.9. The first-order valence-corrected chi connectivity index (χ1v) is 8.43. The van der Waals surface area contributed by atoms with Crippen LogP contribution in [0.25, 0.3) is 0 Å². The lowest BCUT2D eigenvalue weighted by molar-refractivity contribution is 0.246. The Hall–Kier alpha value is -0.730. The molecule has 0 amide bonds. The maximum absolute atomic E-state index is 6.43. The third-order valence-electron chi connectivity index (χ3n) is 4.79. The van der Waals surface area contributed by atoms with Crippen molar-refractivity contribution in [3.8, 4) is 0 Å². The summed E-state index contributed by atoms with van der Waals surface area (Å²) in [6.07, 6.45) is 7.75. The molecule has 2 heterocycles. The molecular formula is C17H25ClN2. The highest BCUT2D eigenvalue weighted by molar-refractivity contribution is 6.33. The van der Waals surface area contributed by atoms with Gasteiger partial charge in [-0.15, -0.1) is 0 Å². The van der Waals surface area contributed by atoms with Gasteiger partial charge in [0.15, 0.2) is 0 Å². The van der Waals surface area contributed by atoms with Crippen molar-refractivity contribution >= 4 is 17.3 Å². The van der Waals surface area contributed by atoms with Crippen molar-refractivity contribution in [1.82, 2.24) is 5.32 Å². The van der Waals surface area contributed by atoms with Crippen LogP contribution in [-0.4, -0.2) is 24.7 Å². The van der Waals surface area contributed by atoms with Crippen molar-refractivity contribution in [2.45, 2.75) is 63.6 Å². The van der Waals surface area contributed by atoms with Gasteiger partial charge in [-0.25, -0.2) is 0 Å². The van der Waals surface area contributed by atoms with Crippen molar-refractivity contribution in [3.05, 3.63) is 29.3 Å². The first-order chi connectivity index (χ1) is 9.79. The number of nitrogens with one attached hydrogen (secondary N) is 1. The van der Waals surface area contributed by atoms with Crippen LogP contribution in [-0.2, 0) is 0 Å². The van der Waals surface area contributed by atoms with Crippen molar-refractivity contribution < 1.29 is 0 Å². The number of piperidine rings is 2. The van der Waals surface area contributed by atoms with E-state index in [1.807, 2.05) is 12.1 Å². The van der Waals surface area contributed by atoms with Crippen molar-refractivity contribution in [2.24, 2.45) is 0 Å². The Kier molecular flexibility index (Phi) is 4.52. The monoisotopic (exact) mass is 292 g/mol. The lowest BCUT2D eigenvalue weighted by Crippen LogP contribution is -2.56. The highest BCUT2D eigenvalue weighted by Gasteiger charge is 2.38. The molecule has 2 atom stereocenters. The fraction of sp³-hybridized carbons (Fsp3) is 0.647. The van der Waals surface area contributed by atoms with Crippen LogP contribution in [0.3, 0.4) is 0 Å². The Bertz CT molecular complexity index is 434. The molecule has 3 rings (SSSR count). The van der Waals surface area contributed by atoms with Gasteiger partial charge in [0, 0.05) is 18.1 Å². The molecule has 2 saturated heterocycles. The van der Waals surface area contributed by atoms with Crippen LogP contribution in [0.1, 0.15) is 45.4 Å². The van der Waals surface area contributed by atoms with Crippen LogP contribution in [0.4, 0.5) is 5.69 Å². The fourth-order valence-electron chi connectivity index (χ4n) is 3.95. The molecule has 2 aliphatic rings. The second-order valence-electron chi connectivity index (χ2n) is 6.22. The molecular weight excluding hydrogens is 268 g/mol. The smallest absolute Gasteiger partial charge is 0.0639 e. The maximum Gasteiger partial charge on any atom is 0.0639 e. The molecule has 1 N–H and O–H groups in total. The Morgan fingerprint density at radius 2 is 1.90 bits per heavy atom. The minimum absolute atomic E-state index is 0.664. The first-order valence-electron chi connectivity index (χ1n) is 8.06. The van der Waals surface area contributed by atoms with Crippen LogP contribution < -0.4 is 10.2 Å². The second-order valence-corrected chi connectivity index (χ2v) is 6.63. The molecule has 110 valence electrons. The fourth-order valence-corrected chi connectivity index (χ4v) is 4.18. The van der Waals surface area contributed by atoms with Gasteiger partial charge in [0.2, 0.25) is 0 Å². The number of anilines is 1. The second kappa shape index (κ2) is 6.36. The van der Waals surface area contributed by atoms with E-state index in [2.05, 4.69) is 29.3 Å². The van der Waals surface area contributed by atoms with Gasteiger partial charge in [-0.05, 0) is 57.2 Å². The zero-order valence-corrected chi connectivity index (χ0v) is 13.1. The summed E-state index contributed by atoms with van der Waals surface area (Å²) in [6.45, 7) is 3.39. The SMILES string of the molecule is CCCNC1CC2CCCC(C1)N2c1ccccc1Cl. The van der Waals surface area contributed by atoms with Gasteiger partial charge >= 0.3 is 0 Å². The quantitative estimate of drug-likeness (QED) is 0.893. The number of para-hydroxylation sites is 1. The van der Waals surface area contributed by atoms with E-state index in [0.717, 1.165) is 11.6 Å². The third-order valence-corrected chi connectivity index (χ3v) is 5.11. The average molecular weight is 293 g/mol. The number of halogens is 1. The van der Waals surface area contributed by atoms with Crippen LogP contribution in [0.15, 0.2) is 24.3 Å². The first kappa shape index (κ1) is 14.2. The van der Waals surface area contributed by atoms with E-state index in [4.69, 9.17) is 11.6 Å². The van der Waals surface area contributed by atoms with Gasteiger partial charge < -0.3 is 10.2 Å². The van der Waals surface area contributed by atoms with Gasteiger partial charge in [-0.1, -0.05) is 30.7 Å². The molecule has 2 aliphatic heterocycles.